The zero-order chi connectivity index (χ0) is 24.4. The van der Waals surface area contributed by atoms with E-state index in [4.69, 9.17) is 4.98 Å². The minimum absolute atomic E-state index is 0.0553. The van der Waals surface area contributed by atoms with Crippen LogP contribution in [0, 0.1) is 13.8 Å². The van der Waals surface area contributed by atoms with E-state index in [1.165, 1.54) is 18.3 Å². The number of aryl methyl sites for hydroxylation is 2. The van der Waals surface area contributed by atoms with Gasteiger partial charge in [0.15, 0.2) is 10.8 Å². The zero-order valence-corrected chi connectivity index (χ0v) is 21.6. The largest absolute Gasteiger partial charge is 0.351 e. The zero-order valence-electron chi connectivity index (χ0n) is 19.9. The fourth-order valence-electron chi connectivity index (χ4n) is 3.83. The molecule has 0 aliphatic rings. The van der Waals surface area contributed by atoms with Crippen molar-refractivity contribution in [2.75, 3.05) is 5.32 Å². The van der Waals surface area contributed by atoms with Gasteiger partial charge in [-0.2, -0.15) is 5.10 Å². The first-order valence-corrected chi connectivity index (χ1v) is 12.8. The summed E-state index contributed by atoms with van der Waals surface area (Å²) in [4.78, 5) is 35.1. The number of nitrogens with zero attached hydrogens (tertiary/aromatic N) is 4. The molecule has 178 valence electrons. The van der Waals surface area contributed by atoms with Crippen LogP contribution in [0.2, 0.25) is 0 Å². The lowest BCUT2D eigenvalue weighted by Crippen LogP contribution is -2.17. The second-order valence-electron chi connectivity index (χ2n) is 8.48. The Morgan fingerprint density at radius 3 is 2.71 bits per heavy atom. The number of amides is 2. The van der Waals surface area contributed by atoms with Crippen LogP contribution in [0.1, 0.15) is 54.9 Å². The summed E-state index contributed by atoms with van der Waals surface area (Å²) in [6, 6.07) is 4.20. The molecule has 4 aromatic heterocycles. The van der Waals surface area contributed by atoms with Gasteiger partial charge in [0.1, 0.15) is 0 Å². The maximum Gasteiger partial charge on any atom is 0.226 e. The highest BCUT2D eigenvalue weighted by Crippen LogP contribution is 2.31. The van der Waals surface area contributed by atoms with E-state index in [-0.39, 0.29) is 17.9 Å². The van der Waals surface area contributed by atoms with Crippen LogP contribution in [0.15, 0.2) is 23.7 Å². The number of hydrogen-bond acceptors (Lipinski definition) is 7. The van der Waals surface area contributed by atoms with Gasteiger partial charge in [-0.05, 0) is 57.4 Å². The second-order valence-corrected chi connectivity index (χ2v) is 10.5. The quantitative estimate of drug-likeness (QED) is 0.357. The molecule has 8 nitrogen and oxygen atoms in total. The molecule has 0 radical (unpaired) electrons. The monoisotopic (exact) mass is 496 g/mol. The number of carbonyl (C=O) groups excluding carboxylic acids is 2. The molecule has 0 unspecified atom stereocenters. The molecule has 2 amide bonds. The molecule has 0 aromatic carbocycles. The number of thiophene rings is 1. The van der Waals surface area contributed by atoms with Gasteiger partial charge >= 0.3 is 0 Å². The SMILES string of the molecule is CC(=O)NCc1ccc(-c2csc(NC(=O)CCc3c(C)nc4c(cnn4C(C)C)c3C)n2)s1. The molecule has 0 saturated heterocycles. The van der Waals surface area contributed by atoms with Crippen molar-refractivity contribution < 1.29 is 9.59 Å². The van der Waals surface area contributed by atoms with Gasteiger partial charge in [-0.3, -0.25) is 9.59 Å². The number of fused-ring (bicyclic) bond motifs is 1. The summed E-state index contributed by atoms with van der Waals surface area (Å²) in [5.41, 5.74) is 4.87. The third kappa shape index (κ3) is 5.18. The van der Waals surface area contributed by atoms with Crippen LogP contribution < -0.4 is 10.6 Å². The number of rotatable bonds is 8. The minimum atomic E-state index is -0.0739. The van der Waals surface area contributed by atoms with E-state index < -0.39 is 0 Å². The first-order chi connectivity index (χ1) is 16.2. The fourth-order valence-corrected chi connectivity index (χ4v) is 5.53. The van der Waals surface area contributed by atoms with Gasteiger partial charge in [-0.25, -0.2) is 14.6 Å². The molecule has 4 aromatic rings. The van der Waals surface area contributed by atoms with Crippen molar-refractivity contribution >= 4 is 50.7 Å². The van der Waals surface area contributed by atoms with Crippen molar-refractivity contribution in [3.63, 3.8) is 0 Å². The number of nitrogens with one attached hydrogen (secondary N) is 2. The molecule has 34 heavy (non-hydrogen) atoms. The van der Waals surface area contributed by atoms with Crippen molar-refractivity contribution in [2.24, 2.45) is 0 Å². The van der Waals surface area contributed by atoms with Crippen LogP contribution >= 0.6 is 22.7 Å². The van der Waals surface area contributed by atoms with Crippen molar-refractivity contribution in [3.8, 4) is 10.6 Å². The Bertz CT molecular complexity index is 1350. The molecule has 4 heterocycles. The van der Waals surface area contributed by atoms with Gasteiger partial charge in [-0.15, -0.1) is 22.7 Å². The van der Waals surface area contributed by atoms with Gasteiger partial charge in [0, 0.05) is 40.7 Å². The van der Waals surface area contributed by atoms with E-state index in [0.717, 1.165) is 43.3 Å². The predicted molar refractivity (Wildman–Crippen MR) is 137 cm³/mol. The van der Waals surface area contributed by atoms with Gasteiger partial charge < -0.3 is 10.6 Å². The maximum atomic E-state index is 12.6. The summed E-state index contributed by atoms with van der Waals surface area (Å²) in [5, 5.41) is 13.8. The van der Waals surface area contributed by atoms with Crippen LogP contribution in [-0.2, 0) is 22.6 Å². The molecule has 10 heteroatoms. The number of hydrogen-bond donors (Lipinski definition) is 2. The van der Waals surface area contributed by atoms with Crippen LogP contribution in [0.25, 0.3) is 21.6 Å². The van der Waals surface area contributed by atoms with Crippen molar-refractivity contribution in [1.82, 2.24) is 25.1 Å². The Labute approximate surface area is 206 Å². The molecule has 0 fully saturated rings. The van der Waals surface area contributed by atoms with E-state index in [9.17, 15) is 9.59 Å². The highest BCUT2D eigenvalue weighted by molar-refractivity contribution is 7.17. The molecule has 2 N–H and O–H groups in total. The van der Waals surface area contributed by atoms with Gasteiger partial charge in [0.2, 0.25) is 11.8 Å². The van der Waals surface area contributed by atoms with Crippen molar-refractivity contribution in [2.45, 2.75) is 60.0 Å². The van der Waals surface area contributed by atoms with E-state index in [0.29, 0.717) is 24.5 Å². The average Bonchev–Trinajstić information content (AvgIpc) is 3.51. The first-order valence-electron chi connectivity index (χ1n) is 11.1. The lowest BCUT2D eigenvalue weighted by atomic mass is 10.0. The number of thiazole rings is 1. The lowest BCUT2D eigenvalue weighted by molar-refractivity contribution is -0.119. The number of aromatic nitrogens is 4. The molecule has 4 rings (SSSR count). The molecule has 0 bridgehead atoms. The molecular weight excluding hydrogens is 468 g/mol. The summed E-state index contributed by atoms with van der Waals surface area (Å²) in [6.45, 7) is 10.2. The Kier molecular flexibility index (Phi) is 7.08. The summed E-state index contributed by atoms with van der Waals surface area (Å²) in [7, 11) is 0. The third-order valence-corrected chi connectivity index (χ3v) is 7.47. The first kappa shape index (κ1) is 24.0. The Balaban J connectivity index is 1.39. The second kappa shape index (κ2) is 10.0. The van der Waals surface area contributed by atoms with E-state index in [1.54, 1.807) is 11.3 Å². The summed E-state index contributed by atoms with van der Waals surface area (Å²) in [5.74, 6) is -0.129. The number of pyridine rings is 1. The number of anilines is 1. The maximum absolute atomic E-state index is 12.6. The molecule has 0 saturated carbocycles. The smallest absolute Gasteiger partial charge is 0.226 e. The Morgan fingerprint density at radius 1 is 1.18 bits per heavy atom. The van der Waals surface area contributed by atoms with Crippen LogP contribution in [0.5, 0.6) is 0 Å². The highest BCUT2D eigenvalue weighted by atomic mass is 32.1. The fraction of sp³-hybridized carbons (Fsp3) is 0.375. The molecule has 0 aliphatic carbocycles. The molecule has 0 atom stereocenters. The predicted octanol–water partition coefficient (Wildman–Crippen LogP) is 5.02. The van der Waals surface area contributed by atoms with Gasteiger partial charge in [0.05, 0.1) is 23.3 Å². The van der Waals surface area contributed by atoms with Gasteiger partial charge in [0.25, 0.3) is 0 Å². The van der Waals surface area contributed by atoms with Crippen molar-refractivity contribution in [1.29, 1.82) is 0 Å². The average molecular weight is 497 g/mol. The van der Waals surface area contributed by atoms with Crippen molar-refractivity contribution in [3.05, 3.63) is 45.4 Å². The third-order valence-electron chi connectivity index (χ3n) is 5.60. The summed E-state index contributed by atoms with van der Waals surface area (Å²) < 4.78 is 1.93. The van der Waals surface area contributed by atoms with Crippen LogP contribution in [0.4, 0.5) is 5.13 Å². The summed E-state index contributed by atoms with van der Waals surface area (Å²) >= 11 is 2.98. The van der Waals surface area contributed by atoms with E-state index in [2.05, 4.69) is 41.5 Å². The minimum Gasteiger partial charge on any atom is -0.351 e. The Morgan fingerprint density at radius 2 is 1.97 bits per heavy atom. The standard InChI is InChI=1S/C24H28N6O2S2/c1-13(2)30-23-19(11-26-30)14(3)18(15(4)27-23)7-9-22(32)29-24-28-20(12-33-24)21-8-6-17(34-21)10-25-16(5)31/h6,8,11-13H,7,9-10H2,1-5H3,(H,25,31)(H,28,29,32). The summed E-state index contributed by atoms with van der Waals surface area (Å²) in [6.07, 6.45) is 2.82. The Hall–Kier alpha value is -3.11. The van der Waals surface area contributed by atoms with E-state index >= 15 is 0 Å². The van der Waals surface area contributed by atoms with Crippen LogP contribution in [-0.4, -0.2) is 31.6 Å². The molecule has 0 aliphatic heterocycles. The normalized spacial score (nSPS) is 11.4. The highest BCUT2D eigenvalue weighted by Gasteiger charge is 2.16. The topological polar surface area (TPSA) is 102 Å². The van der Waals surface area contributed by atoms with Crippen LogP contribution in [0.3, 0.4) is 0 Å². The van der Waals surface area contributed by atoms with Gasteiger partial charge in [-0.1, -0.05) is 0 Å². The molecular formula is C24H28N6O2S2. The van der Waals surface area contributed by atoms with E-state index in [1.807, 2.05) is 35.3 Å². The number of carbonyl (C=O) groups is 2. The lowest BCUT2D eigenvalue weighted by Gasteiger charge is -2.12. The molecule has 0 spiro atoms.